The van der Waals surface area contributed by atoms with Crippen molar-refractivity contribution in [2.45, 2.75) is 19.8 Å². The van der Waals surface area contributed by atoms with E-state index in [1.165, 1.54) is 17.4 Å². The minimum absolute atomic E-state index is 0.264. The highest BCUT2D eigenvalue weighted by Crippen LogP contribution is 2.36. The Hall–Kier alpha value is -2.28. The molecule has 1 aromatic heterocycles. The van der Waals surface area contributed by atoms with Gasteiger partial charge >= 0.3 is 5.97 Å². The summed E-state index contributed by atoms with van der Waals surface area (Å²) in [6.45, 7) is 2.09. The predicted molar refractivity (Wildman–Crippen MR) is 118 cm³/mol. The normalized spacial score (nSPS) is 10.7. The lowest BCUT2D eigenvalue weighted by Crippen LogP contribution is -2.21. The van der Waals surface area contributed by atoms with Crippen LogP contribution in [-0.4, -0.2) is 25.1 Å². The van der Waals surface area contributed by atoms with Crippen molar-refractivity contribution >= 4 is 61.5 Å². The first-order valence-electron chi connectivity index (χ1n) is 9.06. The van der Waals surface area contributed by atoms with Gasteiger partial charge in [-0.15, -0.1) is 11.3 Å². The number of benzene rings is 2. The van der Waals surface area contributed by atoms with E-state index in [0.29, 0.717) is 33.0 Å². The van der Waals surface area contributed by atoms with Crippen LogP contribution in [0.3, 0.4) is 0 Å². The Kier molecular flexibility index (Phi) is 7.36. The maximum Gasteiger partial charge on any atom is 0.341 e. The molecule has 0 atom stereocenters. The third-order valence-corrected chi connectivity index (χ3v) is 5.65. The van der Waals surface area contributed by atoms with Gasteiger partial charge in [0.2, 0.25) is 0 Å². The number of anilines is 1. The Morgan fingerprint density at radius 3 is 2.69 bits per heavy atom. The van der Waals surface area contributed by atoms with Gasteiger partial charge in [0.15, 0.2) is 6.61 Å². The SMILES string of the molecule is CCCCOC(=O)c1c(NC(=O)COc2ccc(Cl)cc2Cl)sc2ccccc12. The number of hydrogen-bond acceptors (Lipinski definition) is 5. The molecule has 1 heterocycles. The minimum Gasteiger partial charge on any atom is -0.482 e. The van der Waals surface area contributed by atoms with Crippen LogP contribution < -0.4 is 10.1 Å². The second kappa shape index (κ2) is 9.96. The molecule has 0 fully saturated rings. The van der Waals surface area contributed by atoms with Gasteiger partial charge in [0, 0.05) is 15.1 Å². The van der Waals surface area contributed by atoms with Crippen molar-refractivity contribution in [3.8, 4) is 5.75 Å². The highest BCUT2D eigenvalue weighted by Gasteiger charge is 2.22. The third kappa shape index (κ3) is 5.41. The number of fused-ring (bicyclic) bond motifs is 1. The van der Waals surface area contributed by atoms with Crippen molar-refractivity contribution < 1.29 is 19.1 Å². The van der Waals surface area contributed by atoms with Crippen LogP contribution in [0.4, 0.5) is 5.00 Å². The average molecular weight is 452 g/mol. The molecule has 5 nitrogen and oxygen atoms in total. The zero-order valence-electron chi connectivity index (χ0n) is 15.7. The van der Waals surface area contributed by atoms with E-state index in [4.69, 9.17) is 32.7 Å². The summed E-state index contributed by atoms with van der Waals surface area (Å²) in [6, 6.07) is 12.2. The number of carbonyl (C=O) groups is 2. The molecule has 0 aliphatic rings. The molecule has 0 bridgehead atoms. The van der Waals surface area contributed by atoms with Gasteiger partial charge in [0.1, 0.15) is 16.3 Å². The second-order valence-electron chi connectivity index (χ2n) is 6.20. The Bertz CT molecular complexity index is 1030. The number of hydrogen-bond donors (Lipinski definition) is 1. The van der Waals surface area contributed by atoms with Gasteiger partial charge in [-0.05, 0) is 30.7 Å². The smallest absolute Gasteiger partial charge is 0.341 e. The van der Waals surface area contributed by atoms with Gasteiger partial charge in [-0.1, -0.05) is 54.7 Å². The Morgan fingerprint density at radius 1 is 1.14 bits per heavy atom. The van der Waals surface area contributed by atoms with E-state index in [-0.39, 0.29) is 6.61 Å². The fourth-order valence-corrected chi connectivity index (χ4v) is 4.19. The van der Waals surface area contributed by atoms with Crippen LogP contribution in [0, 0.1) is 0 Å². The average Bonchev–Trinajstić information content (AvgIpc) is 3.05. The van der Waals surface area contributed by atoms with Crippen LogP contribution in [0.2, 0.25) is 10.0 Å². The molecular formula is C21H19Cl2NO4S. The molecule has 8 heteroatoms. The number of rotatable bonds is 8. The summed E-state index contributed by atoms with van der Waals surface area (Å²) < 4.78 is 11.7. The molecule has 0 aliphatic heterocycles. The molecule has 2 aromatic carbocycles. The van der Waals surface area contributed by atoms with Gasteiger partial charge in [0.05, 0.1) is 11.6 Å². The highest BCUT2D eigenvalue weighted by molar-refractivity contribution is 7.23. The first kappa shape index (κ1) is 21.4. The van der Waals surface area contributed by atoms with Crippen LogP contribution in [0.15, 0.2) is 42.5 Å². The van der Waals surface area contributed by atoms with Gasteiger partial charge in [-0.2, -0.15) is 0 Å². The van der Waals surface area contributed by atoms with Crippen molar-refractivity contribution in [1.82, 2.24) is 0 Å². The molecule has 152 valence electrons. The lowest BCUT2D eigenvalue weighted by Gasteiger charge is -2.10. The lowest BCUT2D eigenvalue weighted by molar-refractivity contribution is -0.118. The van der Waals surface area contributed by atoms with Crippen LogP contribution in [0.5, 0.6) is 5.75 Å². The third-order valence-electron chi connectivity index (χ3n) is 4.04. The molecule has 1 amide bonds. The Balaban J connectivity index is 1.75. The monoisotopic (exact) mass is 451 g/mol. The molecule has 0 spiro atoms. The first-order valence-corrected chi connectivity index (χ1v) is 10.6. The quantitative estimate of drug-likeness (QED) is 0.327. The summed E-state index contributed by atoms with van der Waals surface area (Å²) in [7, 11) is 0. The minimum atomic E-state index is -0.451. The first-order chi connectivity index (χ1) is 14.0. The summed E-state index contributed by atoms with van der Waals surface area (Å²) in [5.74, 6) is -0.514. The van der Waals surface area contributed by atoms with Gasteiger partial charge in [-0.25, -0.2) is 4.79 Å². The molecule has 0 aliphatic carbocycles. The number of nitrogens with one attached hydrogen (secondary N) is 1. The van der Waals surface area contributed by atoms with Crippen molar-refractivity contribution in [2.24, 2.45) is 0 Å². The van der Waals surface area contributed by atoms with E-state index in [2.05, 4.69) is 5.32 Å². The fourth-order valence-electron chi connectivity index (χ4n) is 2.62. The topological polar surface area (TPSA) is 64.6 Å². The van der Waals surface area contributed by atoms with Crippen molar-refractivity contribution in [1.29, 1.82) is 0 Å². The summed E-state index contributed by atoms with van der Waals surface area (Å²) >= 11 is 13.2. The number of amides is 1. The van der Waals surface area contributed by atoms with Crippen molar-refractivity contribution in [3.63, 3.8) is 0 Å². The van der Waals surface area contributed by atoms with Crippen molar-refractivity contribution in [3.05, 3.63) is 58.1 Å². The number of thiophene rings is 1. The predicted octanol–water partition coefficient (Wildman–Crippen LogP) is 6.18. The molecule has 29 heavy (non-hydrogen) atoms. The lowest BCUT2D eigenvalue weighted by atomic mass is 10.1. The molecule has 0 radical (unpaired) electrons. The van der Waals surface area contributed by atoms with Crippen LogP contribution in [0.25, 0.3) is 10.1 Å². The van der Waals surface area contributed by atoms with Crippen LogP contribution >= 0.6 is 34.5 Å². The van der Waals surface area contributed by atoms with Crippen molar-refractivity contribution in [2.75, 3.05) is 18.5 Å². The van der Waals surface area contributed by atoms with Gasteiger partial charge in [0.25, 0.3) is 5.91 Å². The van der Waals surface area contributed by atoms with E-state index >= 15 is 0 Å². The van der Waals surface area contributed by atoms with Crippen LogP contribution in [0.1, 0.15) is 30.1 Å². The number of esters is 1. The zero-order chi connectivity index (χ0) is 20.8. The maximum absolute atomic E-state index is 12.6. The molecule has 3 rings (SSSR count). The van der Waals surface area contributed by atoms with Crippen LogP contribution in [-0.2, 0) is 9.53 Å². The van der Waals surface area contributed by atoms with Gasteiger partial charge in [-0.3, -0.25) is 4.79 Å². The summed E-state index contributed by atoms with van der Waals surface area (Å²) in [5.41, 5.74) is 0.361. The van der Waals surface area contributed by atoms with E-state index in [9.17, 15) is 9.59 Å². The second-order valence-corrected chi connectivity index (χ2v) is 8.10. The van der Waals surface area contributed by atoms with E-state index in [0.717, 1.165) is 22.9 Å². The maximum atomic E-state index is 12.6. The van der Waals surface area contributed by atoms with E-state index in [1.807, 2.05) is 31.2 Å². The summed E-state index contributed by atoms with van der Waals surface area (Å²) in [6.07, 6.45) is 1.71. The Labute approximate surface area is 182 Å². The van der Waals surface area contributed by atoms with E-state index < -0.39 is 11.9 Å². The summed E-state index contributed by atoms with van der Waals surface area (Å²) in [4.78, 5) is 25.1. The number of ether oxygens (including phenoxy) is 2. The largest absolute Gasteiger partial charge is 0.482 e. The molecule has 0 saturated carbocycles. The van der Waals surface area contributed by atoms with E-state index in [1.54, 1.807) is 12.1 Å². The number of halogens is 2. The summed E-state index contributed by atoms with van der Waals surface area (Å²) in [5, 5.41) is 4.72. The molecular weight excluding hydrogens is 433 g/mol. The number of carbonyl (C=O) groups excluding carboxylic acids is 2. The Morgan fingerprint density at radius 2 is 1.93 bits per heavy atom. The highest BCUT2D eigenvalue weighted by atomic mass is 35.5. The zero-order valence-corrected chi connectivity index (χ0v) is 18.0. The molecule has 0 saturated heterocycles. The number of unbranched alkanes of at least 4 members (excludes halogenated alkanes) is 1. The molecule has 1 N–H and O–H groups in total. The molecule has 3 aromatic rings. The fraction of sp³-hybridized carbons (Fsp3) is 0.238. The van der Waals surface area contributed by atoms with Gasteiger partial charge < -0.3 is 14.8 Å². The molecule has 0 unspecified atom stereocenters. The standard InChI is InChI=1S/C21H19Cl2NO4S/c1-2-3-10-27-21(26)19-14-6-4-5-7-17(14)29-20(19)24-18(25)12-28-16-9-8-13(22)11-15(16)23/h4-9,11H,2-3,10,12H2,1H3,(H,24,25).